The van der Waals surface area contributed by atoms with E-state index in [0.29, 0.717) is 24.1 Å². The molecule has 1 N–H and O–H groups in total. The fourth-order valence-corrected chi connectivity index (χ4v) is 5.71. The molecule has 1 aliphatic carbocycles. The van der Waals surface area contributed by atoms with E-state index in [2.05, 4.69) is 10.3 Å². The summed E-state index contributed by atoms with van der Waals surface area (Å²) in [5, 5.41) is 3.02. The molecular formula is C23H23F6N3OS. The summed E-state index contributed by atoms with van der Waals surface area (Å²) in [7, 11) is 1.15. The maximum absolute atomic E-state index is 14.0. The van der Waals surface area contributed by atoms with Gasteiger partial charge in [-0.15, -0.1) is 0 Å². The minimum absolute atomic E-state index is 0.0827. The van der Waals surface area contributed by atoms with Crippen LogP contribution in [0.1, 0.15) is 35.7 Å². The Balaban J connectivity index is 1.47. The Labute approximate surface area is 197 Å². The van der Waals surface area contributed by atoms with Crippen molar-refractivity contribution in [3.8, 4) is 0 Å². The number of benzene rings is 1. The van der Waals surface area contributed by atoms with Crippen LogP contribution >= 0.6 is 11.8 Å². The molecule has 0 radical (unpaired) electrons. The van der Waals surface area contributed by atoms with Crippen molar-refractivity contribution in [2.75, 3.05) is 23.9 Å². The van der Waals surface area contributed by atoms with Crippen molar-refractivity contribution in [1.29, 1.82) is 0 Å². The fourth-order valence-electron chi connectivity index (χ4n) is 4.60. The van der Waals surface area contributed by atoms with Crippen LogP contribution in [-0.2, 0) is 17.6 Å². The number of nitrogens with zero attached hydrogens (tertiary/aromatic N) is 2. The van der Waals surface area contributed by atoms with Crippen LogP contribution in [0, 0.1) is 23.4 Å². The Morgan fingerprint density at radius 3 is 2.47 bits per heavy atom. The highest BCUT2D eigenvalue weighted by atomic mass is 32.2. The summed E-state index contributed by atoms with van der Waals surface area (Å²) >= 11 is 1.68. The number of alkyl halides is 3. The van der Waals surface area contributed by atoms with Crippen molar-refractivity contribution in [3.63, 3.8) is 0 Å². The second-order valence-corrected chi connectivity index (χ2v) is 9.85. The van der Waals surface area contributed by atoms with Crippen LogP contribution in [0.4, 0.5) is 32.0 Å². The van der Waals surface area contributed by atoms with Gasteiger partial charge in [0, 0.05) is 19.0 Å². The molecule has 2 heterocycles. The zero-order valence-corrected chi connectivity index (χ0v) is 19.1. The van der Waals surface area contributed by atoms with Crippen molar-refractivity contribution in [2.45, 2.75) is 43.9 Å². The quantitative estimate of drug-likeness (QED) is 0.445. The number of nitrogens with one attached hydrogen (secondary N) is 1. The van der Waals surface area contributed by atoms with E-state index in [1.54, 1.807) is 11.8 Å². The molecule has 2 aromatic rings. The average molecular weight is 504 g/mol. The predicted octanol–water partition coefficient (Wildman–Crippen LogP) is 5.28. The molecule has 34 heavy (non-hydrogen) atoms. The van der Waals surface area contributed by atoms with Gasteiger partial charge in [0.25, 0.3) is 0 Å². The smallest absolute Gasteiger partial charge is 0.380 e. The van der Waals surface area contributed by atoms with Gasteiger partial charge in [-0.2, -0.15) is 24.9 Å². The van der Waals surface area contributed by atoms with Gasteiger partial charge in [0.05, 0.1) is 17.6 Å². The molecule has 0 saturated carbocycles. The third-order valence-corrected chi connectivity index (χ3v) is 7.37. The Morgan fingerprint density at radius 2 is 1.85 bits per heavy atom. The van der Waals surface area contributed by atoms with Crippen molar-refractivity contribution < 1.29 is 31.1 Å². The lowest BCUT2D eigenvalue weighted by Gasteiger charge is -2.33. The van der Waals surface area contributed by atoms with E-state index in [4.69, 9.17) is 0 Å². The van der Waals surface area contributed by atoms with Crippen LogP contribution in [0.2, 0.25) is 0 Å². The molecule has 0 bridgehead atoms. The molecule has 1 aromatic carbocycles. The van der Waals surface area contributed by atoms with Crippen LogP contribution in [0.3, 0.4) is 0 Å². The summed E-state index contributed by atoms with van der Waals surface area (Å²) in [6.45, 7) is 0. The summed E-state index contributed by atoms with van der Waals surface area (Å²) in [6.07, 6.45) is -2.08. The number of rotatable bonds is 5. The number of thioether (sulfide) groups is 1. The molecule has 184 valence electrons. The lowest BCUT2D eigenvalue weighted by Crippen LogP contribution is -2.43. The van der Waals surface area contributed by atoms with E-state index in [1.165, 1.54) is 18.3 Å². The highest BCUT2D eigenvalue weighted by Gasteiger charge is 2.47. The first-order valence-electron chi connectivity index (χ1n) is 10.8. The third-order valence-electron chi connectivity index (χ3n) is 6.33. The first-order chi connectivity index (χ1) is 16.1. The molecule has 0 spiro atoms. The Hall–Kier alpha value is -2.43. The van der Waals surface area contributed by atoms with E-state index in [1.807, 2.05) is 0 Å². The van der Waals surface area contributed by atoms with E-state index in [-0.39, 0.29) is 24.1 Å². The van der Waals surface area contributed by atoms with Crippen LogP contribution in [0.15, 0.2) is 24.4 Å². The topological polar surface area (TPSA) is 45.2 Å². The number of pyridine rings is 1. The minimum atomic E-state index is -4.71. The molecule has 4 nitrogen and oxygen atoms in total. The minimum Gasteiger partial charge on any atom is -0.380 e. The molecule has 2 atom stereocenters. The van der Waals surface area contributed by atoms with Gasteiger partial charge in [-0.1, -0.05) is 0 Å². The maximum atomic E-state index is 14.0. The van der Waals surface area contributed by atoms with Crippen LogP contribution < -0.4 is 5.32 Å². The predicted molar refractivity (Wildman–Crippen MR) is 117 cm³/mol. The highest BCUT2D eigenvalue weighted by molar-refractivity contribution is 7.99. The molecular weight excluding hydrogens is 480 g/mol. The van der Waals surface area contributed by atoms with Gasteiger partial charge in [-0.25, -0.2) is 13.2 Å². The van der Waals surface area contributed by atoms with E-state index in [9.17, 15) is 31.1 Å². The molecule has 1 unspecified atom stereocenters. The van der Waals surface area contributed by atoms with Crippen molar-refractivity contribution in [1.82, 2.24) is 9.88 Å². The third kappa shape index (κ3) is 4.99. The number of halogens is 6. The van der Waals surface area contributed by atoms with Gasteiger partial charge >= 0.3 is 6.18 Å². The molecule has 2 aliphatic rings. The number of anilines is 1. The summed E-state index contributed by atoms with van der Waals surface area (Å²) in [6, 6.07) is 0.979. The zero-order chi connectivity index (χ0) is 24.6. The number of carbonyl (C=O) groups is 1. The second-order valence-electron chi connectivity index (χ2n) is 8.63. The van der Waals surface area contributed by atoms with Crippen molar-refractivity contribution >= 4 is 23.4 Å². The van der Waals surface area contributed by atoms with Crippen molar-refractivity contribution in [2.24, 2.45) is 5.92 Å². The van der Waals surface area contributed by atoms with Gasteiger partial charge in [0.1, 0.15) is 0 Å². The second kappa shape index (κ2) is 9.67. The molecule has 1 aliphatic heterocycles. The number of fused-ring (bicyclic) bond motifs is 1. The summed E-state index contributed by atoms with van der Waals surface area (Å²) in [5.74, 6) is -3.49. The number of amides is 1. The highest BCUT2D eigenvalue weighted by Crippen LogP contribution is 2.38. The Morgan fingerprint density at radius 1 is 1.15 bits per heavy atom. The number of hydrogen-bond acceptors (Lipinski definition) is 4. The lowest BCUT2D eigenvalue weighted by molar-refractivity contribution is -0.191. The van der Waals surface area contributed by atoms with Gasteiger partial charge in [0.15, 0.2) is 23.5 Å². The van der Waals surface area contributed by atoms with Gasteiger partial charge in [-0.3, -0.25) is 9.78 Å². The van der Waals surface area contributed by atoms with Crippen molar-refractivity contribution in [3.05, 3.63) is 58.7 Å². The van der Waals surface area contributed by atoms with Gasteiger partial charge < -0.3 is 10.2 Å². The normalized spacial score (nSPS) is 19.6. The SMILES string of the molecule is CN(C(=O)C1CCSCC1)[C@@H](c1ccc(NC2Cc3cc(F)c(F)c(F)c3C2)cn1)C(F)(F)F. The fraction of sp³-hybridized carbons (Fsp3) is 0.478. The number of hydrogen-bond donors (Lipinski definition) is 1. The summed E-state index contributed by atoms with van der Waals surface area (Å²) < 4.78 is 82.7. The molecule has 1 aromatic heterocycles. The standard InChI is InChI=1S/C23H23F6N3OS/c1-32(22(33)12-4-6-34-7-5-12)21(23(27,28)29)18-3-2-14(11-30-18)31-15-8-13-9-17(24)20(26)19(25)16(13)10-15/h2-3,9,11-12,15,21,31H,4-8,10H2,1H3/t15?,21-/m0/s1. The van der Waals surface area contributed by atoms with Gasteiger partial charge in [0.2, 0.25) is 5.91 Å². The van der Waals surface area contributed by atoms with E-state index >= 15 is 0 Å². The maximum Gasteiger partial charge on any atom is 0.414 e. The molecule has 1 amide bonds. The zero-order valence-electron chi connectivity index (χ0n) is 18.3. The summed E-state index contributed by atoms with van der Waals surface area (Å²) in [4.78, 5) is 17.4. The first kappa shape index (κ1) is 24.7. The Kier molecular flexibility index (Phi) is 7.02. The molecule has 1 saturated heterocycles. The van der Waals surface area contributed by atoms with Crippen LogP contribution in [0.25, 0.3) is 0 Å². The van der Waals surface area contributed by atoms with Crippen LogP contribution in [-0.4, -0.2) is 46.6 Å². The Bertz CT molecular complexity index is 1060. The largest absolute Gasteiger partial charge is 0.414 e. The number of aromatic nitrogens is 1. The van der Waals surface area contributed by atoms with E-state index in [0.717, 1.165) is 29.5 Å². The van der Waals surface area contributed by atoms with Crippen LogP contribution in [0.5, 0.6) is 0 Å². The molecule has 4 rings (SSSR count). The molecule has 1 fully saturated rings. The molecule has 11 heteroatoms. The monoisotopic (exact) mass is 503 g/mol. The van der Waals surface area contributed by atoms with E-state index < -0.39 is 47.5 Å². The average Bonchev–Trinajstić information content (AvgIpc) is 3.20. The van der Waals surface area contributed by atoms with Gasteiger partial charge in [-0.05, 0) is 66.5 Å². The lowest BCUT2D eigenvalue weighted by atomic mass is 9.99. The summed E-state index contributed by atoms with van der Waals surface area (Å²) in [5.41, 5.74) is 0.488. The first-order valence-corrected chi connectivity index (χ1v) is 12.0. The number of carbonyl (C=O) groups excluding carboxylic acids is 1.